The van der Waals surface area contributed by atoms with E-state index < -0.39 is 0 Å². The molecule has 0 bridgehead atoms. The van der Waals surface area contributed by atoms with Crippen LogP contribution in [0.3, 0.4) is 0 Å². The van der Waals surface area contributed by atoms with E-state index in [4.69, 9.17) is 11.2 Å². The van der Waals surface area contributed by atoms with Gasteiger partial charge in [-0.3, -0.25) is 4.99 Å². The quantitative estimate of drug-likeness (QED) is 0.262. The minimum atomic E-state index is -0.0575. The van der Waals surface area contributed by atoms with Crippen LogP contribution in [0.5, 0.6) is 0 Å². The molecule has 0 atom stereocenters. The summed E-state index contributed by atoms with van der Waals surface area (Å²) in [7, 11) is 1.17. The van der Waals surface area contributed by atoms with Crippen molar-refractivity contribution in [3.8, 4) is 12.3 Å². The van der Waals surface area contributed by atoms with Gasteiger partial charge in [0.1, 0.15) is 0 Å². The van der Waals surface area contributed by atoms with Crippen LogP contribution in [-0.4, -0.2) is 25.5 Å². The molecule has 60 valence electrons. The van der Waals surface area contributed by atoms with Crippen LogP contribution in [-0.2, 0) is 4.74 Å². The van der Waals surface area contributed by atoms with Crippen molar-refractivity contribution in [3.63, 3.8) is 0 Å². The number of rotatable bonds is 4. The summed E-state index contributed by atoms with van der Waals surface area (Å²) in [4.78, 5) is 3.32. The number of ether oxygens (including phenoxy) is 1. The van der Waals surface area contributed by atoms with Crippen LogP contribution in [0, 0.1) is 12.3 Å². The Kier molecular flexibility index (Phi) is 4.58. The minimum absolute atomic E-state index is 0.00954. The van der Waals surface area contributed by atoms with Crippen molar-refractivity contribution in [2.45, 2.75) is 0 Å². The Morgan fingerprint density at radius 2 is 2.64 bits per heavy atom. The van der Waals surface area contributed by atoms with Crippen LogP contribution < -0.4 is 0 Å². The van der Waals surface area contributed by atoms with E-state index in [1.54, 1.807) is 0 Å². The Morgan fingerprint density at radius 1 is 2.00 bits per heavy atom. The monoisotopic (exact) mass is 156 g/mol. The lowest BCUT2D eigenvalue weighted by Crippen LogP contribution is -2.09. The highest BCUT2D eigenvalue weighted by atomic mass is 19.2. The SMILES string of the molecule is C#CCO/C(=C/N=C)N(C)F. The third-order valence-corrected chi connectivity index (χ3v) is 0.809. The van der Waals surface area contributed by atoms with E-state index in [-0.39, 0.29) is 17.6 Å². The third kappa shape index (κ3) is 3.98. The van der Waals surface area contributed by atoms with Crippen LogP contribution in [0.25, 0.3) is 0 Å². The summed E-state index contributed by atoms with van der Waals surface area (Å²) in [6.45, 7) is 3.15. The van der Waals surface area contributed by atoms with Crippen molar-refractivity contribution >= 4 is 6.72 Å². The van der Waals surface area contributed by atoms with E-state index in [9.17, 15) is 4.48 Å². The van der Waals surface area contributed by atoms with Gasteiger partial charge in [-0.05, 0) is 6.72 Å². The molecule has 0 amide bonds. The normalized spacial score (nSPS) is 10.1. The molecule has 0 rings (SSSR count). The molecule has 0 aromatic heterocycles. The standard InChI is InChI=1S/C7H9FN2O/c1-4-5-11-7(6-9-2)10(3)8/h1,6H,2,5H2,3H3/b7-6+. The van der Waals surface area contributed by atoms with Gasteiger partial charge in [0.05, 0.1) is 6.20 Å². The predicted octanol–water partition coefficient (Wildman–Crippen LogP) is 0.952. The molecule has 0 saturated heterocycles. The van der Waals surface area contributed by atoms with Crippen LogP contribution in [0.1, 0.15) is 0 Å². The van der Waals surface area contributed by atoms with Crippen molar-refractivity contribution in [2.24, 2.45) is 4.99 Å². The van der Waals surface area contributed by atoms with Gasteiger partial charge in [-0.15, -0.1) is 6.42 Å². The lowest BCUT2D eigenvalue weighted by Gasteiger charge is -2.09. The van der Waals surface area contributed by atoms with E-state index in [0.29, 0.717) is 0 Å². The van der Waals surface area contributed by atoms with Crippen LogP contribution in [0.2, 0.25) is 0 Å². The second-order valence-electron chi connectivity index (χ2n) is 1.62. The molecule has 0 saturated carbocycles. The summed E-state index contributed by atoms with van der Waals surface area (Å²) in [6, 6.07) is 0. The maximum Gasteiger partial charge on any atom is 0.237 e. The minimum Gasteiger partial charge on any atom is -0.463 e. The first-order valence-corrected chi connectivity index (χ1v) is 2.84. The Morgan fingerprint density at radius 3 is 3.00 bits per heavy atom. The zero-order chi connectivity index (χ0) is 8.69. The molecule has 0 fully saturated rings. The molecule has 0 spiro atoms. The second-order valence-corrected chi connectivity index (χ2v) is 1.62. The van der Waals surface area contributed by atoms with Gasteiger partial charge >= 0.3 is 0 Å². The molecule has 3 nitrogen and oxygen atoms in total. The lowest BCUT2D eigenvalue weighted by atomic mass is 10.7. The average molecular weight is 156 g/mol. The fraction of sp³-hybridized carbons (Fsp3) is 0.286. The Balaban J connectivity index is 4.02. The van der Waals surface area contributed by atoms with E-state index in [2.05, 4.69) is 17.6 Å². The van der Waals surface area contributed by atoms with E-state index >= 15 is 0 Å². The zero-order valence-electron chi connectivity index (χ0n) is 6.25. The molecule has 0 heterocycles. The van der Waals surface area contributed by atoms with Gasteiger partial charge in [-0.25, -0.2) is 0 Å². The largest absolute Gasteiger partial charge is 0.463 e. The maximum absolute atomic E-state index is 12.4. The molecule has 11 heavy (non-hydrogen) atoms. The Labute approximate surface area is 65.1 Å². The van der Waals surface area contributed by atoms with Crippen molar-refractivity contribution in [1.29, 1.82) is 0 Å². The first kappa shape index (κ1) is 9.50. The molecule has 0 aliphatic rings. The summed E-state index contributed by atoms with van der Waals surface area (Å²) in [5, 5.41) is 0.270. The molecule has 4 heteroatoms. The average Bonchev–Trinajstić information content (AvgIpc) is 1.97. The van der Waals surface area contributed by atoms with E-state index in [1.165, 1.54) is 7.05 Å². The predicted molar refractivity (Wildman–Crippen MR) is 41.3 cm³/mol. The topological polar surface area (TPSA) is 24.8 Å². The highest BCUT2D eigenvalue weighted by Crippen LogP contribution is 2.02. The van der Waals surface area contributed by atoms with E-state index in [1.807, 2.05) is 0 Å². The number of aliphatic imine (C=N–C) groups is 1. The number of nitrogens with zero attached hydrogens (tertiary/aromatic N) is 2. The van der Waals surface area contributed by atoms with Crippen molar-refractivity contribution < 1.29 is 9.22 Å². The number of halogens is 1. The maximum atomic E-state index is 12.4. The van der Waals surface area contributed by atoms with Crippen molar-refractivity contribution in [3.05, 3.63) is 12.1 Å². The smallest absolute Gasteiger partial charge is 0.237 e. The van der Waals surface area contributed by atoms with Gasteiger partial charge < -0.3 is 4.74 Å². The molecule has 0 aliphatic heterocycles. The van der Waals surface area contributed by atoms with Crippen LogP contribution >= 0.6 is 0 Å². The van der Waals surface area contributed by atoms with Gasteiger partial charge in [0.2, 0.25) is 5.88 Å². The van der Waals surface area contributed by atoms with E-state index in [0.717, 1.165) is 6.20 Å². The summed E-state index contributed by atoms with van der Waals surface area (Å²) in [6.07, 6.45) is 6.02. The van der Waals surface area contributed by atoms with Gasteiger partial charge in [-0.1, -0.05) is 10.4 Å². The highest BCUT2D eigenvalue weighted by Gasteiger charge is 2.01. The molecular weight excluding hydrogens is 147 g/mol. The number of terminal acetylenes is 1. The lowest BCUT2D eigenvalue weighted by molar-refractivity contribution is 0.0152. The van der Waals surface area contributed by atoms with Crippen LogP contribution in [0.15, 0.2) is 17.1 Å². The third-order valence-electron chi connectivity index (χ3n) is 0.809. The molecule has 0 unspecified atom stereocenters. The highest BCUT2D eigenvalue weighted by molar-refractivity contribution is 5.25. The first-order chi connectivity index (χ1) is 5.22. The Bertz CT molecular complexity index is 193. The van der Waals surface area contributed by atoms with Crippen molar-refractivity contribution in [2.75, 3.05) is 13.7 Å². The first-order valence-electron chi connectivity index (χ1n) is 2.84. The molecule has 0 radical (unpaired) electrons. The fourth-order valence-electron chi connectivity index (χ4n) is 0.399. The molecule has 0 aromatic carbocycles. The molecular formula is C7H9FN2O. The number of hydrogen-bond donors (Lipinski definition) is 0. The zero-order valence-corrected chi connectivity index (χ0v) is 6.25. The summed E-state index contributed by atoms with van der Waals surface area (Å²) in [5.41, 5.74) is 0. The Hall–Kier alpha value is -1.50. The molecule has 0 N–H and O–H groups in total. The molecule has 0 aromatic rings. The van der Waals surface area contributed by atoms with Gasteiger partial charge in [-0.2, -0.15) is 5.12 Å². The van der Waals surface area contributed by atoms with Gasteiger partial charge in [0.25, 0.3) is 0 Å². The molecule has 0 aliphatic carbocycles. The van der Waals surface area contributed by atoms with Gasteiger partial charge in [0.15, 0.2) is 6.61 Å². The number of hydrogen-bond acceptors (Lipinski definition) is 3. The summed E-state index contributed by atoms with van der Waals surface area (Å²) in [5.74, 6) is 2.14. The summed E-state index contributed by atoms with van der Waals surface area (Å²) < 4.78 is 17.1. The summed E-state index contributed by atoms with van der Waals surface area (Å²) >= 11 is 0. The second kappa shape index (κ2) is 5.30. The fourth-order valence-corrected chi connectivity index (χ4v) is 0.399. The van der Waals surface area contributed by atoms with Crippen molar-refractivity contribution in [1.82, 2.24) is 5.12 Å². The van der Waals surface area contributed by atoms with Gasteiger partial charge in [0, 0.05) is 7.05 Å². The van der Waals surface area contributed by atoms with Crippen LogP contribution in [0.4, 0.5) is 4.48 Å².